The molecule has 0 spiro atoms. The summed E-state index contributed by atoms with van der Waals surface area (Å²) in [6.45, 7) is 0. The number of carbonyl (C=O) groups is 1. The Hall–Kier alpha value is -3.31. The largest absolute Gasteiger partial charge is 0.496 e. The number of hydrogen-bond acceptors (Lipinski definition) is 3. The summed E-state index contributed by atoms with van der Waals surface area (Å²) in [5, 5.41) is 3.43. The Morgan fingerprint density at radius 2 is 1.85 bits per heavy atom. The van der Waals surface area contributed by atoms with Crippen LogP contribution in [0.3, 0.4) is 0 Å². The first-order valence-corrected chi connectivity index (χ1v) is 8.72. The number of benzene rings is 2. The van der Waals surface area contributed by atoms with Crippen molar-refractivity contribution in [2.24, 2.45) is 0 Å². The van der Waals surface area contributed by atoms with Gasteiger partial charge in [0.25, 0.3) is 5.91 Å². The van der Waals surface area contributed by atoms with Crippen LogP contribution in [0.1, 0.15) is 10.4 Å². The fourth-order valence-electron chi connectivity index (χ4n) is 2.95. The Balaban J connectivity index is 1.82. The number of rotatable bonds is 4. The average molecular weight is 378 g/mol. The van der Waals surface area contributed by atoms with Gasteiger partial charge in [0.05, 0.1) is 12.7 Å². The molecule has 0 fully saturated rings. The van der Waals surface area contributed by atoms with Crippen LogP contribution in [0.4, 0.5) is 5.82 Å². The summed E-state index contributed by atoms with van der Waals surface area (Å²) in [4.78, 5) is 17.7. The third-order valence-electron chi connectivity index (χ3n) is 4.22. The van der Waals surface area contributed by atoms with E-state index in [1.54, 1.807) is 18.2 Å². The van der Waals surface area contributed by atoms with Crippen LogP contribution in [0.2, 0.25) is 5.02 Å². The highest BCUT2D eigenvalue weighted by atomic mass is 35.5. The summed E-state index contributed by atoms with van der Waals surface area (Å²) >= 11 is 6.07. The van der Waals surface area contributed by atoms with Gasteiger partial charge >= 0.3 is 0 Å². The minimum absolute atomic E-state index is 0.322. The number of amides is 1. The minimum atomic E-state index is -0.322. The molecular weight excluding hydrogens is 362 g/mol. The average Bonchev–Trinajstić information content (AvgIpc) is 3.07. The number of aromatic nitrogens is 2. The van der Waals surface area contributed by atoms with Crippen LogP contribution < -0.4 is 10.1 Å². The maximum atomic E-state index is 13.0. The third kappa shape index (κ3) is 3.25. The highest BCUT2D eigenvalue weighted by Gasteiger charge is 2.19. The Kier molecular flexibility index (Phi) is 4.52. The number of anilines is 1. The Morgan fingerprint density at radius 1 is 1.07 bits per heavy atom. The first-order valence-electron chi connectivity index (χ1n) is 8.35. The van der Waals surface area contributed by atoms with Crippen molar-refractivity contribution in [1.29, 1.82) is 0 Å². The van der Waals surface area contributed by atoms with Gasteiger partial charge in [-0.2, -0.15) is 0 Å². The van der Waals surface area contributed by atoms with Crippen LogP contribution in [0.5, 0.6) is 5.75 Å². The van der Waals surface area contributed by atoms with Crippen LogP contribution in [-0.2, 0) is 0 Å². The number of fused-ring (bicyclic) bond motifs is 1. The summed E-state index contributed by atoms with van der Waals surface area (Å²) in [6, 6.07) is 20.3. The van der Waals surface area contributed by atoms with Crippen molar-refractivity contribution >= 4 is 29.0 Å². The molecule has 2 heterocycles. The van der Waals surface area contributed by atoms with Gasteiger partial charge in [0.2, 0.25) is 0 Å². The van der Waals surface area contributed by atoms with E-state index in [4.69, 9.17) is 16.3 Å². The molecule has 0 aliphatic heterocycles. The maximum Gasteiger partial charge on any atom is 0.260 e. The lowest BCUT2D eigenvalue weighted by atomic mass is 10.1. The number of halogens is 1. The zero-order chi connectivity index (χ0) is 18.8. The van der Waals surface area contributed by atoms with Crippen LogP contribution >= 0.6 is 11.6 Å². The van der Waals surface area contributed by atoms with Crippen molar-refractivity contribution in [2.45, 2.75) is 0 Å². The standard InChI is InChI=1S/C21H16ClN3O2/c1-27-17-11-10-15(22)13-16(17)21(26)24-20-19(14-7-3-2-4-8-14)23-18-9-5-6-12-25(18)20/h2-13H,1H3,(H,24,26). The zero-order valence-corrected chi connectivity index (χ0v) is 15.3. The number of ether oxygens (including phenoxy) is 1. The molecule has 1 N–H and O–H groups in total. The molecule has 134 valence electrons. The number of carbonyl (C=O) groups excluding carboxylic acids is 1. The molecule has 0 atom stereocenters. The van der Waals surface area contributed by atoms with Crippen LogP contribution in [-0.4, -0.2) is 22.4 Å². The summed E-state index contributed by atoms with van der Waals surface area (Å²) < 4.78 is 7.15. The molecule has 2 aromatic carbocycles. The number of methoxy groups -OCH3 is 1. The fourth-order valence-corrected chi connectivity index (χ4v) is 3.12. The van der Waals surface area contributed by atoms with E-state index in [1.165, 1.54) is 7.11 Å². The number of hydrogen-bond donors (Lipinski definition) is 1. The van der Waals surface area contributed by atoms with Crippen molar-refractivity contribution in [3.63, 3.8) is 0 Å². The molecule has 5 nitrogen and oxygen atoms in total. The predicted octanol–water partition coefficient (Wildman–Crippen LogP) is 4.92. The molecule has 0 saturated heterocycles. The highest BCUT2D eigenvalue weighted by molar-refractivity contribution is 6.31. The lowest BCUT2D eigenvalue weighted by molar-refractivity contribution is 0.102. The number of nitrogens with zero attached hydrogens (tertiary/aromatic N) is 2. The molecule has 4 rings (SSSR count). The van der Waals surface area contributed by atoms with Gasteiger partial charge in [-0.05, 0) is 30.3 Å². The molecule has 0 saturated carbocycles. The van der Waals surface area contributed by atoms with E-state index >= 15 is 0 Å². The molecule has 0 aliphatic rings. The molecule has 0 unspecified atom stereocenters. The summed E-state index contributed by atoms with van der Waals surface area (Å²) in [5.74, 6) is 0.716. The van der Waals surface area contributed by atoms with E-state index < -0.39 is 0 Å². The van der Waals surface area contributed by atoms with Gasteiger partial charge in [0.1, 0.15) is 22.9 Å². The first kappa shape index (κ1) is 17.1. The van der Waals surface area contributed by atoms with Crippen molar-refractivity contribution in [1.82, 2.24) is 9.38 Å². The summed E-state index contributed by atoms with van der Waals surface area (Å²) in [5.41, 5.74) is 2.70. The molecule has 6 heteroatoms. The van der Waals surface area contributed by atoms with E-state index in [0.717, 1.165) is 11.2 Å². The van der Waals surface area contributed by atoms with Gasteiger partial charge in [-0.15, -0.1) is 0 Å². The van der Waals surface area contributed by atoms with E-state index in [2.05, 4.69) is 10.3 Å². The smallest absolute Gasteiger partial charge is 0.260 e. The number of imidazole rings is 1. The zero-order valence-electron chi connectivity index (χ0n) is 14.5. The van der Waals surface area contributed by atoms with Gasteiger partial charge < -0.3 is 10.1 Å². The van der Waals surface area contributed by atoms with Gasteiger partial charge in [-0.1, -0.05) is 48.0 Å². The SMILES string of the molecule is COc1ccc(Cl)cc1C(=O)Nc1c(-c2ccccc2)nc2ccccn12. The van der Waals surface area contributed by atoms with Gasteiger partial charge in [0.15, 0.2) is 0 Å². The molecule has 27 heavy (non-hydrogen) atoms. The quantitative estimate of drug-likeness (QED) is 0.549. The van der Waals surface area contributed by atoms with E-state index in [1.807, 2.05) is 59.1 Å². The van der Waals surface area contributed by atoms with E-state index in [-0.39, 0.29) is 5.91 Å². The summed E-state index contributed by atoms with van der Waals surface area (Å²) in [7, 11) is 1.52. The Labute approximate surface area is 161 Å². The van der Waals surface area contributed by atoms with Crippen LogP contribution in [0, 0.1) is 0 Å². The number of pyridine rings is 1. The van der Waals surface area contributed by atoms with Crippen LogP contribution in [0.15, 0.2) is 72.9 Å². The first-order chi connectivity index (χ1) is 13.2. The van der Waals surface area contributed by atoms with Gasteiger partial charge in [0, 0.05) is 16.8 Å². The second-order valence-electron chi connectivity index (χ2n) is 5.90. The van der Waals surface area contributed by atoms with Gasteiger partial charge in [-0.25, -0.2) is 4.98 Å². The second kappa shape index (κ2) is 7.13. The molecule has 1 amide bonds. The predicted molar refractivity (Wildman–Crippen MR) is 107 cm³/mol. The van der Waals surface area contributed by atoms with Crippen molar-refractivity contribution < 1.29 is 9.53 Å². The lowest BCUT2D eigenvalue weighted by Gasteiger charge is -2.11. The highest BCUT2D eigenvalue weighted by Crippen LogP contribution is 2.30. The lowest BCUT2D eigenvalue weighted by Crippen LogP contribution is -2.15. The monoisotopic (exact) mass is 377 g/mol. The van der Waals surface area contributed by atoms with E-state index in [9.17, 15) is 4.79 Å². The molecule has 0 bridgehead atoms. The normalized spacial score (nSPS) is 10.7. The van der Waals surface area contributed by atoms with Crippen molar-refractivity contribution in [3.05, 3.63) is 83.5 Å². The minimum Gasteiger partial charge on any atom is -0.496 e. The summed E-state index contributed by atoms with van der Waals surface area (Å²) in [6.07, 6.45) is 1.86. The molecule has 4 aromatic rings. The topological polar surface area (TPSA) is 55.6 Å². The number of nitrogens with one attached hydrogen (secondary N) is 1. The van der Waals surface area contributed by atoms with Crippen molar-refractivity contribution in [2.75, 3.05) is 12.4 Å². The third-order valence-corrected chi connectivity index (χ3v) is 4.45. The fraction of sp³-hybridized carbons (Fsp3) is 0.0476. The molecule has 0 aliphatic carbocycles. The second-order valence-corrected chi connectivity index (χ2v) is 6.34. The van der Waals surface area contributed by atoms with Crippen molar-refractivity contribution in [3.8, 4) is 17.0 Å². The van der Waals surface area contributed by atoms with E-state index in [0.29, 0.717) is 27.8 Å². The maximum absolute atomic E-state index is 13.0. The molecule has 0 radical (unpaired) electrons. The van der Waals surface area contributed by atoms with Gasteiger partial charge in [-0.3, -0.25) is 9.20 Å². The Morgan fingerprint density at radius 3 is 2.63 bits per heavy atom. The van der Waals surface area contributed by atoms with Crippen LogP contribution in [0.25, 0.3) is 16.9 Å². The molecule has 2 aromatic heterocycles. The molecular formula is C21H16ClN3O2. The Bertz CT molecular complexity index is 1120.